The highest BCUT2D eigenvalue weighted by atomic mass is 15.3. The van der Waals surface area contributed by atoms with Crippen molar-refractivity contribution in [3.05, 3.63) is 18.5 Å². The zero-order valence-corrected chi connectivity index (χ0v) is 14.7. The molecule has 1 aliphatic rings. The topological polar surface area (TPSA) is 68.7 Å². The fourth-order valence-electron chi connectivity index (χ4n) is 2.49. The first-order chi connectivity index (χ1) is 11.0. The minimum absolute atomic E-state index is 0.0170. The van der Waals surface area contributed by atoms with Gasteiger partial charge in [-0.3, -0.25) is 9.89 Å². The van der Waals surface area contributed by atoms with Crippen LogP contribution in [-0.4, -0.2) is 72.7 Å². The average Bonchev–Trinajstić information content (AvgIpc) is 2.54. The van der Waals surface area contributed by atoms with E-state index in [-0.39, 0.29) is 5.54 Å². The van der Waals surface area contributed by atoms with Crippen LogP contribution in [0.4, 0.5) is 5.95 Å². The molecule has 0 saturated carbocycles. The van der Waals surface area contributed by atoms with Crippen molar-refractivity contribution in [2.45, 2.75) is 26.3 Å². The normalized spacial score (nSPS) is 17.2. The number of hydrogen-bond acceptors (Lipinski definition) is 5. The van der Waals surface area contributed by atoms with Crippen molar-refractivity contribution >= 4 is 11.9 Å². The maximum atomic E-state index is 4.32. The number of piperazine rings is 1. The van der Waals surface area contributed by atoms with Crippen LogP contribution in [0.15, 0.2) is 23.5 Å². The molecule has 23 heavy (non-hydrogen) atoms. The van der Waals surface area contributed by atoms with E-state index in [4.69, 9.17) is 0 Å². The van der Waals surface area contributed by atoms with Crippen LogP contribution in [-0.2, 0) is 0 Å². The smallest absolute Gasteiger partial charge is 0.225 e. The summed E-state index contributed by atoms with van der Waals surface area (Å²) in [6.45, 7) is 12.3. The van der Waals surface area contributed by atoms with Gasteiger partial charge in [0.25, 0.3) is 0 Å². The van der Waals surface area contributed by atoms with Crippen LogP contribution in [0.2, 0.25) is 0 Å². The number of guanidine groups is 1. The van der Waals surface area contributed by atoms with Gasteiger partial charge in [-0.05, 0) is 26.8 Å². The van der Waals surface area contributed by atoms with Crippen LogP contribution in [0.5, 0.6) is 0 Å². The van der Waals surface area contributed by atoms with Gasteiger partial charge >= 0.3 is 0 Å². The molecule has 128 valence electrons. The Bertz CT molecular complexity index is 487. The van der Waals surface area contributed by atoms with Gasteiger partial charge in [-0.2, -0.15) is 0 Å². The van der Waals surface area contributed by atoms with E-state index in [1.54, 1.807) is 19.4 Å². The van der Waals surface area contributed by atoms with Gasteiger partial charge in [-0.15, -0.1) is 0 Å². The van der Waals surface area contributed by atoms with Gasteiger partial charge in [-0.1, -0.05) is 0 Å². The lowest BCUT2D eigenvalue weighted by atomic mass is 10.1. The van der Waals surface area contributed by atoms with E-state index in [1.165, 1.54) is 0 Å². The maximum absolute atomic E-state index is 4.32. The summed E-state index contributed by atoms with van der Waals surface area (Å²) in [7, 11) is 1.81. The quantitative estimate of drug-likeness (QED) is 0.624. The van der Waals surface area contributed by atoms with Gasteiger partial charge in [0.15, 0.2) is 5.96 Å². The van der Waals surface area contributed by atoms with Gasteiger partial charge in [0.2, 0.25) is 5.95 Å². The standard InChI is InChI=1S/C16H29N7/c1-16(2,3)21-14(17-4)18-8-9-22-10-12-23(13-11-22)15-19-6-5-7-20-15/h5-7H,8-13H2,1-4H3,(H2,17,18,21). The Labute approximate surface area is 139 Å². The lowest BCUT2D eigenvalue weighted by molar-refractivity contribution is 0.260. The molecule has 0 aromatic carbocycles. The average molecular weight is 319 g/mol. The van der Waals surface area contributed by atoms with Crippen LogP contribution in [0, 0.1) is 0 Å². The summed E-state index contributed by atoms with van der Waals surface area (Å²) in [4.78, 5) is 17.6. The van der Waals surface area contributed by atoms with Crippen molar-refractivity contribution in [3.63, 3.8) is 0 Å². The summed E-state index contributed by atoms with van der Waals surface area (Å²) in [6, 6.07) is 1.85. The second-order valence-corrected chi connectivity index (χ2v) is 6.75. The molecule has 0 spiro atoms. The molecule has 0 amide bonds. The number of hydrogen-bond donors (Lipinski definition) is 2. The first-order valence-electron chi connectivity index (χ1n) is 8.21. The Balaban J connectivity index is 1.69. The van der Waals surface area contributed by atoms with Gasteiger partial charge in [0, 0.05) is 64.2 Å². The summed E-state index contributed by atoms with van der Waals surface area (Å²) in [5, 5.41) is 6.74. The van der Waals surface area contributed by atoms with Crippen molar-refractivity contribution in [3.8, 4) is 0 Å². The molecule has 0 atom stereocenters. The second kappa shape index (κ2) is 8.10. The highest BCUT2D eigenvalue weighted by molar-refractivity contribution is 5.80. The third kappa shape index (κ3) is 6.02. The van der Waals surface area contributed by atoms with Crippen LogP contribution in [0.25, 0.3) is 0 Å². The first kappa shape index (κ1) is 17.5. The summed E-state index contributed by atoms with van der Waals surface area (Å²) in [6.07, 6.45) is 3.60. The summed E-state index contributed by atoms with van der Waals surface area (Å²) < 4.78 is 0. The molecule has 7 nitrogen and oxygen atoms in total. The van der Waals surface area contributed by atoms with Gasteiger partial charge in [0.1, 0.15) is 0 Å². The van der Waals surface area contributed by atoms with Gasteiger partial charge in [0.05, 0.1) is 0 Å². The number of rotatable bonds is 4. The third-order valence-electron chi connectivity index (χ3n) is 3.64. The lowest BCUT2D eigenvalue weighted by Gasteiger charge is -2.34. The lowest BCUT2D eigenvalue weighted by Crippen LogP contribution is -2.51. The zero-order valence-electron chi connectivity index (χ0n) is 14.7. The Kier molecular flexibility index (Phi) is 6.15. The molecule has 0 bridgehead atoms. The van der Waals surface area contributed by atoms with Crippen molar-refractivity contribution in [2.75, 3.05) is 51.2 Å². The van der Waals surface area contributed by atoms with E-state index in [0.29, 0.717) is 0 Å². The molecule has 7 heteroatoms. The molecule has 1 fully saturated rings. The third-order valence-corrected chi connectivity index (χ3v) is 3.64. The second-order valence-electron chi connectivity index (χ2n) is 6.75. The molecule has 2 N–H and O–H groups in total. The summed E-state index contributed by atoms with van der Waals surface area (Å²) >= 11 is 0. The van der Waals surface area contributed by atoms with Crippen LogP contribution in [0.1, 0.15) is 20.8 Å². The summed E-state index contributed by atoms with van der Waals surface area (Å²) in [5.74, 6) is 1.69. The maximum Gasteiger partial charge on any atom is 0.225 e. The van der Waals surface area contributed by atoms with E-state index < -0.39 is 0 Å². The van der Waals surface area contributed by atoms with Gasteiger partial charge < -0.3 is 15.5 Å². The molecule has 2 heterocycles. The monoisotopic (exact) mass is 319 g/mol. The van der Waals surface area contributed by atoms with Crippen LogP contribution >= 0.6 is 0 Å². The van der Waals surface area contributed by atoms with E-state index in [9.17, 15) is 0 Å². The Morgan fingerprint density at radius 1 is 1.17 bits per heavy atom. The molecule has 1 aromatic rings. The predicted molar refractivity (Wildman–Crippen MR) is 94.9 cm³/mol. The van der Waals surface area contributed by atoms with Crippen LogP contribution in [0.3, 0.4) is 0 Å². The molecule has 0 radical (unpaired) electrons. The number of aliphatic imine (C=N–C) groups is 1. The number of nitrogens with zero attached hydrogens (tertiary/aromatic N) is 5. The molecule has 1 aromatic heterocycles. The van der Waals surface area contributed by atoms with E-state index in [2.05, 4.69) is 56.2 Å². The minimum Gasteiger partial charge on any atom is -0.355 e. The van der Waals surface area contributed by atoms with E-state index in [0.717, 1.165) is 51.2 Å². The minimum atomic E-state index is 0.0170. The number of anilines is 1. The Morgan fingerprint density at radius 3 is 2.39 bits per heavy atom. The van der Waals surface area contributed by atoms with Crippen molar-refractivity contribution < 1.29 is 0 Å². The zero-order chi connectivity index (χ0) is 16.7. The van der Waals surface area contributed by atoms with Gasteiger partial charge in [-0.25, -0.2) is 9.97 Å². The van der Waals surface area contributed by atoms with E-state index >= 15 is 0 Å². The molecular formula is C16H29N7. The van der Waals surface area contributed by atoms with Crippen molar-refractivity contribution in [1.29, 1.82) is 0 Å². The molecule has 0 unspecified atom stereocenters. The number of aromatic nitrogens is 2. The van der Waals surface area contributed by atoms with E-state index in [1.807, 2.05) is 6.07 Å². The Hall–Kier alpha value is -1.89. The molecular weight excluding hydrogens is 290 g/mol. The fraction of sp³-hybridized carbons (Fsp3) is 0.688. The van der Waals surface area contributed by atoms with Crippen LogP contribution < -0.4 is 15.5 Å². The molecule has 1 aliphatic heterocycles. The summed E-state index contributed by atoms with van der Waals surface area (Å²) in [5.41, 5.74) is 0.0170. The molecule has 0 aliphatic carbocycles. The largest absolute Gasteiger partial charge is 0.355 e. The SMILES string of the molecule is CN=C(NCCN1CCN(c2ncccn2)CC1)NC(C)(C)C. The number of nitrogens with one attached hydrogen (secondary N) is 2. The highest BCUT2D eigenvalue weighted by Gasteiger charge is 2.18. The fourth-order valence-corrected chi connectivity index (χ4v) is 2.49. The van der Waals surface area contributed by atoms with Crippen molar-refractivity contribution in [1.82, 2.24) is 25.5 Å². The molecule has 1 saturated heterocycles. The van der Waals surface area contributed by atoms with Crippen molar-refractivity contribution in [2.24, 2.45) is 4.99 Å². The first-order valence-corrected chi connectivity index (χ1v) is 8.21. The highest BCUT2D eigenvalue weighted by Crippen LogP contribution is 2.09. The molecule has 2 rings (SSSR count). The predicted octanol–water partition coefficient (Wildman–Crippen LogP) is 0.562. The Morgan fingerprint density at radius 2 is 1.83 bits per heavy atom.